The number of hydrogen-bond acceptors (Lipinski definition) is 2. The molecule has 2 aromatic carbocycles. The molecule has 0 bridgehead atoms. The first-order valence-electron chi connectivity index (χ1n) is 8.63. The summed E-state index contributed by atoms with van der Waals surface area (Å²) in [7, 11) is -3.19. The van der Waals surface area contributed by atoms with Crippen LogP contribution in [0.15, 0.2) is 36.4 Å². The Morgan fingerprint density at radius 1 is 0.958 bits per heavy atom. The summed E-state index contributed by atoms with van der Waals surface area (Å²) in [5.41, 5.74) is 2.39. The lowest BCUT2D eigenvalue weighted by atomic mass is 10.0. The molecule has 24 heavy (non-hydrogen) atoms. The van der Waals surface area contributed by atoms with Crippen LogP contribution in [0.25, 0.3) is 10.8 Å². The molecule has 0 amide bonds. The molecule has 5 heteroatoms. The molecule has 1 saturated carbocycles. The monoisotopic (exact) mass is 409 g/mol. The third-order valence-corrected chi connectivity index (χ3v) is 6.54. The molecule has 3 nitrogen and oxygen atoms in total. The molecule has 0 aromatic heterocycles. The number of aryl methyl sites for hydroxylation is 2. The predicted octanol–water partition coefficient (Wildman–Crippen LogP) is 4.18. The second-order valence-corrected chi connectivity index (χ2v) is 9.29. The topological polar surface area (TPSA) is 46.2 Å². The van der Waals surface area contributed by atoms with Gasteiger partial charge in [-0.1, -0.05) is 65.2 Å². The maximum Gasteiger partial charge on any atom is 0.212 e. The minimum absolute atomic E-state index is 0.152. The fourth-order valence-corrected chi connectivity index (χ4v) is 5.20. The maximum atomic E-state index is 12.2. The van der Waals surface area contributed by atoms with E-state index in [9.17, 15) is 8.42 Å². The van der Waals surface area contributed by atoms with Crippen LogP contribution in [0.2, 0.25) is 0 Å². The van der Waals surface area contributed by atoms with E-state index in [4.69, 9.17) is 0 Å². The number of alkyl halides is 1. The summed E-state index contributed by atoms with van der Waals surface area (Å²) in [6.07, 6.45) is 5.80. The van der Waals surface area contributed by atoms with Crippen LogP contribution in [0.3, 0.4) is 0 Å². The van der Waals surface area contributed by atoms with E-state index in [1.54, 1.807) is 0 Å². The van der Waals surface area contributed by atoms with Crippen LogP contribution < -0.4 is 4.72 Å². The maximum absolute atomic E-state index is 12.2. The fraction of sp³-hybridized carbons (Fsp3) is 0.474. The van der Waals surface area contributed by atoms with E-state index in [1.165, 1.54) is 16.3 Å². The summed E-state index contributed by atoms with van der Waals surface area (Å²) in [5.74, 6) is 0.163. The quantitative estimate of drug-likeness (QED) is 0.696. The predicted molar refractivity (Wildman–Crippen MR) is 104 cm³/mol. The SMILES string of the molecule is O=S(=O)(CCc1ccc2cc(CCBr)ccc2c1)NC1CCCC1. The molecular weight excluding hydrogens is 386 g/mol. The van der Waals surface area contributed by atoms with E-state index < -0.39 is 10.0 Å². The summed E-state index contributed by atoms with van der Waals surface area (Å²) in [4.78, 5) is 0. The molecule has 0 unspecified atom stereocenters. The van der Waals surface area contributed by atoms with Crippen molar-refractivity contribution in [3.05, 3.63) is 47.5 Å². The Kier molecular flexibility index (Phi) is 5.95. The molecule has 0 heterocycles. The van der Waals surface area contributed by atoms with E-state index >= 15 is 0 Å². The Labute approximate surface area is 153 Å². The Bertz CT molecular complexity index is 798. The Morgan fingerprint density at radius 3 is 2.12 bits per heavy atom. The van der Waals surface area contributed by atoms with Gasteiger partial charge in [-0.05, 0) is 47.6 Å². The Hall–Kier alpha value is -0.910. The van der Waals surface area contributed by atoms with E-state index in [0.717, 1.165) is 43.0 Å². The average molecular weight is 410 g/mol. The highest BCUT2D eigenvalue weighted by atomic mass is 79.9. The third-order valence-electron chi connectivity index (χ3n) is 4.71. The van der Waals surface area contributed by atoms with Gasteiger partial charge in [0.2, 0.25) is 10.0 Å². The molecule has 0 spiro atoms. The van der Waals surface area contributed by atoms with E-state index in [2.05, 4.69) is 51.0 Å². The van der Waals surface area contributed by atoms with Crippen molar-refractivity contribution < 1.29 is 8.42 Å². The van der Waals surface area contributed by atoms with Crippen LogP contribution in [-0.2, 0) is 22.9 Å². The summed E-state index contributed by atoms with van der Waals surface area (Å²) >= 11 is 3.47. The van der Waals surface area contributed by atoms with Crippen molar-refractivity contribution in [3.63, 3.8) is 0 Å². The zero-order chi connectivity index (χ0) is 17.0. The second kappa shape index (κ2) is 7.98. The lowest BCUT2D eigenvalue weighted by Gasteiger charge is -2.12. The first kappa shape index (κ1) is 17.9. The molecule has 1 aliphatic carbocycles. The third kappa shape index (κ3) is 4.80. The molecule has 3 rings (SSSR count). The highest BCUT2D eigenvalue weighted by molar-refractivity contribution is 9.09. The highest BCUT2D eigenvalue weighted by Crippen LogP contribution is 2.20. The minimum atomic E-state index is -3.19. The van der Waals surface area contributed by atoms with Gasteiger partial charge in [0.15, 0.2) is 0 Å². The van der Waals surface area contributed by atoms with E-state index in [0.29, 0.717) is 6.42 Å². The fourth-order valence-electron chi connectivity index (χ4n) is 3.37. The number of hydrogen-bond donors (Lipinski definition) is 1. The second-order valence-electron chi connectivity index (χ2n) is 6.62. The molecule has 0 atom stereocenters. The van der Waals surface area contributed by atoms with E-state index in [1.807, 2.05) is 6.07 Å². The molecule has 0 aliphatic heterocycles. The lowest BCUT2D eigenvalue weighted by Crippen LogP contribution is -2.34. The molecular formula is C19H24BrNO2S. The van der Waals surface area contributed by atoms with Crippen LogP contribution in [-0.4, -0.2) is 25.5 Å². The van der Waals surface area contributed by atoms with Gasteiger partial charge in [0.05, 0.1) is 5.75 Å². The van der Waals surface area contributed by atoms with Crippen molar-refractivity contribution in [1.82, 2.24) is 4.72 Å². The number of benzene rings is 2. The molecule has 0 saturated heterocycles. The van der Waals surface area contributed by atoms with Crippen molar-refractivity contribution in [2.45, 2.75) is 44.6 Å². The molecule has 130 valence electrons. The Morgan fingerprint density at radius 2 is 1.54 bits per heavy atom. The minimum Gasteiger partial charge on any atom is -0.212 e. The molecule has 0 radical (unpaired) electrons. The summed E-state index contributed by atoms with van der Waals surface area (Å²) in [6, 6.07) is 12.9. The van der Waals surface area contributed by atoms with Crippen LogP contribution in [0.5, 0.6) is 0 Å². The van der Waals surface area contributed by atoms with Crippen molar-refractivity contribution >= 4 is 36.7 Å². The number of nitrogens with one attached hydrogen (secondary N) is 1. The Balaban J connectivity index is 1.65. The smallest absolute Gasteiger partial charge is 0.212 e. The highest BCUT2D eigenvalue weighted by Gasteiger charge is 2.21. The summed E-state index contributed by atoms with van der Waals surface area (Å²) in [6.45, 7) is 0. The summed E-state index contributed by atoms with van der Waals surface area (Å²) < 4.78 is 27.3. The molecule has 2 aromatic rings. The zero-order valence-corrected chi connectivity index (χ0v) is 16.2. The van der Waals surface area contributed by atoms with Gasteiger partial charge in [-0.25, -0.2) is 13.1 Å². The van der Waals surface area contributed by atoms with Crippen molar-refractivity contribution in [3.8, 4) is 0 Å². The van der Waals surface area contributed by atoms with Crippen molar-refractivity contribution in [2.75, 3.05) is 11.1 Å². The zero-order valence-electron chi connectivity index (χ0n) is 13.8. The van der Waals surface area contributed by atoms with Gasteiger partial charge < -0.3 is 0 Å². The normalized spacial score (nSPS) is 16.0. The van der Waals surface area contributed by atoms with Crippen LogP contribution in [0.4, 0.5) is 0 Å². The largest absolute Gasteiger partial charge is 0.212 e. The number of fused-ring (bicyclic) bond motifs is 1. The van der Waals surface area contributed by atoms with Crippen LogP contribution in [0, 0.1) is 0 Å². The van der Waals surface area contributed by atoms with Gasteiger partial charge in [-0.2, -0.15) is 0 Å². The van der Waals surface area contributed by atoms with Gasteiger partial charge in [0.1, 0.15) is 0 Å². The number of sulfonamides is 1. The molecule has 1 N–H and O–H groups in total. The molecule has 1 aliphatic rings. The van der Waals surface area contributed by atoms with Crippen LogP contribution >= 0.6 is 15.9 Å². The van der Waals surface area contributed by atoms with Crippen LogP contribution in [0.1, 0.15) is 36.8 Å². The van der Waals surface area contributed by atoms with Gasteiger partial charge >= 0.3 is 0 Å². The number of halogens is 1. The van der Waals surface area contributed by atoms with E-state index in [-0.39, 0.29) is 11.8 Å². The van der Waals surface area contributed by atoms with Gasteiger partial charge in [0, 0.05) is 11.4 Å². The van der Waals surface area contributed by atoms with Crippen molar-refractivity contribution in [2.24, 2.45) is 0 Å². The van der Waals surface area contributed by atoms with Crippen molar-refractivity contribution in [1.29, 1.82) is 0 Å². The molecule has 1 fully saturated rings. The first-order valence-corrected chi connectivity index (χ1v) is 11.4. The van der Waals surface area contributed by atoms with Gasteiger partial charge in [0.25, 0.3) is 0 Å². The number of rotatable bonds is 7. The van der Waals surface area contributed by atoms with Gasteiger partial charge in [-0.15, -0.1) is 0 Å². The standard InChI is InChI=1S/C19H24BrNO2S/c20-11-9-15-5-7-18-14-16(6-8-17(18)13-15)10-12-24(22,23)21-19-3-1-2-4-19/h5-8,13-14,19,21H,1-4,9-12H2. The average Bonchev–Trinajstić information content (AvgIpc) is 3.05. The first-order chi connectivity index (χ1) is 11.6. The lowest BCUT2D eigenvalue weighted by molar-refractivity contribution is 0.551. The van der Waals surface area contributed by atoms with Gasteiger partial charge in [-0.3, -0.25) is 0 Å². The summed E-state index contributed by atoms with van der Waals surface area (Å²) in [5, 5.41) is 3.35.